The summed E-state index contributed by atoms with van der Waals surface area (Å²) < 4.78 is 1.38. The topological polar surface area (TPSA) is 80.4 Å². The minimum atomic E-state index is -1.08. The summed E-state index contributed by atoms with van der Waals surface area (Å²) in [7, 11) is 0. The number of tetrazole rings is 1. The number of hydrogen-bond acceptors (Lipinski definition) is 4. The summed E-state index contributed by atoms with van der Waals surface area (Å²) >= 11 is 5.87. The summed E-state index contributed by atoms with van der Waals surface area (Å²) in [6.07, 6.45) is 0. The lowest BCUT2D eigenvalue weighted by Crippen LogP contribution is -2.02. The fourth-order valence-electron chi connectivity index (χ4n) is 1.73. The Bertz CT molecular complexity index is 752. The van der Waals surface area contributed by atoms with Crippen molar-refractivity contribution in [1.82, 2.24) is 20.0 Å². The third-order valence-electron chi connectivity index (χ3n) is 2.46. The summed E-state index contributed by atoms with van der Waals surface area (Å²) in [5.74, 6) is -1.08. The first-order valence-corrected chi connectivity index (χ1v) is 5.08. The number of fused-ring (bicyclic) bond motifs is 3. The molecule has 7 heteroatoms. The average Bonchev–Trinajstić information content (AvgIpc) is 2.76. The zero-order chi connectivity index (χ0) is 12.0. The van der Waals surface area contributed by atoms with Gasteiger partial charge in [0.25, 0.3) is 0 Å². The van der Waals surface area contributed by atoms with Crippen LogP contribution in [0.25, 0.3) is 16.6 Å². The summed E-state index contributed by atoms with van der Waals surface area (Å²) in [4.78, 5) is 11.1. The lowest BCUT2D eigenvalue weighted by atomic mass is 10.1. The average molecular weight is 249 g/mol. The second-order valence-electron chi connectivity index (χ2n) is 3.48. The lowest BCUT2D eigenvalue weighted by Gasteiger charge is -2.03. The Morgan fingerprint density at radius 3 is 2.94 bits per heavy atom. The quantitative estimate of drug-likeness (QED) is 0.708. The van der Waals surface area contributed by atoms with Crippen molar-refractivity contribution < 1.29 is 9.90 Å². The maximum atomic E-state index is 11.1. The van der Waals surface area contributed by atoms with E-state index in [2.05, 4.69) is 15.5 Å². The van der Waals surface area contributed by atoms with Crippen LogP contribution in [0.3, 0.4) is 0 Å². The molecule has 0 fully saturated rings. The smallest absolute Gasteiger partial charge is 0.339 e. The van der Waals surface area contributed by atoms with Crippen LogP contribution in [0.15, 0.2) is 24.3 Å². The molecule has 3 rings (SSSR count). The number of nitrogens with zero attached hydrogens (tertiary/aromatic N) is 4. The normalized spacial score (nSPS) is 11.1. The number of carbonyl (C=O) groups is 1. The number of carboxylic acids is 1. The number of rotatable bonds is 1. The van der Waals surface area contributed by atoms with Crippen LogP contribution in [0.5, 0.6) is 0 Å². The van der Waals surface area contributed by atoms with Crippen LogP contribution < -0.4 is 0 Å². The van der Waals surface area contributed by atoms with E-state index in [9.17, 15) is 4.79 Å². The van der Waals surface area contributed by atoms with Crippen molar-refractivity contribution in [2.45, 2.75) is 0 Å². The van der Waals surface area contributed by atoms with Gasteiger partial charge in [0.1, 0.15) is 5.56 Å². The fourth-order valence-corrected chi connectivity index (χ4v) is 1.91. The molecule has 6 nitrogen and oxygen atoms in total. The molecule has 0 spiro atoms. The van der Waals surface area contributed by atoms with Gasteiger partial charge in [-0.15, -0.1) is 5.10 Å². The first-order chi connectivity index (χ1) is 8.16. The molecular weight excluding hydrogens is 244 g/mol. The van der Waals surface area contributed by atoms with Crippen LogP contribution in [0.2, 0.25) is 5.02 Å². The van der Waals surface area contributed by atoms with Gasteiger partial charge in [0, 0.05) is 10.4 Å². The van der Waals surface area contributed by atoms with Crippen LogP contribution in [0.4, 0.5) is 0 Å². The van der Waals surface area contributed by atoms with E-state index in [4.69, 9.17) is 16.7 Å². The summed E-state index contributed by atoms with van der Waals surface area (Å²) in [6, 6.07) is 6.62. The van der Waals surface area contributed by atoms with E-state index >= 15 is 0 Å². The Morgan fingerprint density at radius 1 is 1.35 bits per heavy atom. The second kappa shape index (κ2) is 3.39. The van der Waals surface area contributed by atoms with Crippen LogP contribution in [-0.4, -0.2) is 31.1 Å². The van der Waals surface area contributed by atoms with Crippen molar-refractivity contribution in [3.05, 3.63) is 34.9 Å². The molecular formula is C10H5ClN4O2. The highest BCUT2D eigenvalue weighted by atomic mass is 35.5. The van der Waals surface area contributed by atoms with Crippen LogP contribution in [-0.2, 0) is 0 Å². The minimum absolute atomic E-state index is 0.0461. The molecule has 1 N–H and O–H groups in total. The van der Waals surface area contributed by atoms with Gasteiger partial charge in [-0.3, -0.25) is 0 Å². The zero-order valence-electron chi connectivity index (χ0n) is 8.33. The van der Waals surface area contributed by atoms with E-state index < -0.39 is 5.97 Å². The maximum Gasteiger partial charge on any atom is 0.339 e. The molecule has 84 valence electrons. The van der Waals surface area contributed by atoms with Gasteiger partial charge in [-0.25, -0.2) is 4.79 Å². The molecule has 0 atom stereocenters. The predicted octanol–water partition coefficient (Wildman–Crippen LogP) is 1.63. The number of hydrogen-bond donors (Lipinski definition) is 1. The zero-order valence-corrected chi connectivity index (χ0v) is 9.09. The Hall–Kier alpha value is -2.21. The lowest BCUT2D eigenvalue weighted by molar-refractivity contribution is 0.0698. The van der Waals surface area contributed by atoms with Gasteiger partial charge in [0.05, 0.1) is 5.52 Å². The van der Waals surface area contributed by atoms with Crippen molar-refractivity contribution in [2.75, 3.05) is 0 Å². The highest BCUT2D eigenvalue weighted by Crippen LogP contribution is 2.22. The first-order valence-electron chi connectivity index (χ1n) is 4.70. The van der Waals surface area contributed by atoms with Gasteiger partial charge in [-0.1, -0.05) is 11.6 Å². The number of benzene rings is 1. The van der Waals surface area contributed by atoms with Crippen molar-refractivity contribution in [1.29, 1.82) is 0 Å². The summed E-state index contributed by atoms with van der Waals surface area (Å²) in [5.41, 5.74) is 0.969. The predicted molar refractivity (Wildman–Crippen MR) is 60.3 cm³/mol. The molecule has 0 aliphatic heterocycles. The summed E-state index contributed by atoms with van der Waals surface area (Å²) in [5, 5.41) is 21.2. The van der Waals surface area contributed by atoms with Crippen LogP contribution >= 0.6 is 11.6 Å². The Balaban J connectivity index is 2.55. The van der Waals surface area contributed by atoms with Gasteiger partial charge in [0.2, 0.25) is 0 Å². The summed E-state index contributed by atoms with van der Waals surface area (Å²) in [6.45, 7) is 0. The van der Waals surface area contributed by atoms with Crippen LogP contribution in [0.1, 0.15) is 10.4 Å². The minimum Gasteiger partial charge on any atom is -0.478 e. The number of aromatic nitrogens is 4. The second-order valence-corrected chi connectivity index (χ2v) is 3.92. The SMILES string of the molecule is O=C(O)c1cc2cc(Cl)ccc2n2nnnc12. The van der Waals surface area contributed by atoms with Gasteiger partial charge in [0.15, 0.2) is 5.65 Å². The van der Waals surface area contributed by atoms with E-state index in [0.717, 1.165) is 0 Å². The number of halogens is 1. The van der Waals surface area contributed by atoms with E-state index in [1.807, 2.05) is 0 Å². The van der Waals surface area contributed by atoms with Crippen molar-refractivity contribution in [3.63, 3.8) is 0 Å². The molecule has 0 aliphatic carbocycles. The van der Waals surface area contributed by atoms with Crippen molar-refractivity contribution >= 4 is 34.1 Å². The van der Waals surface area contributed by atoms with Gasteiger partial charge >= 0.3 is 5.97 Å². The third kappa shape index (κ3) is 1.42. The van der Waals surface area contributed by atoms with Crippen molar-refractivity contribution in [2.24, 2.45) is 0 Å². The van der Waals surface area contributed by atoms with Gasteiger partial charge in [-0.2, -0.15) is 4.52 Å². The third-order valence-corrected chi connectivity index (χ3v) is 2.69. The molecule has 17 heavy (non-hydrogen) atoms. The van der Waals surface area contributed by atoms with E-state index in [1.54, 1.807) is 18.2 Å². The molecule has 0 unspecified atom stereocenters. The Labute approximate surface area is 99.4 Å². The Morgan fingerprint density at radius 2 is 2.18 bits per heavy atom. The highest BCUT2D eigenvalue weighted by molar-refractivity contribution is 6.31. The Kier molecular flexibility index (Phi) is 1.99. The van der Waals surface area contributed by atoms with Gasteiger partial charge < -0.3 is 5.11 Å². The molecule has 1 aromatic carbocycles. The maximum absolute atomic E-state index is 11.1. The monoisotopic (exact) mass is 248 g/mol. The molecule has 0 bridgehead atoms. The molecule has 3 aromatic rings. The molecule has 0 aliphatic rings. The molecule has 0 saturated carbocycles. The standard InChI is InChI=1S/C10H5ClN4O2/c11-6-1-2-8-5(3-6)4-7(10(16)17)9-12-13-14-15(8)9/h1-4H,(H,16,17). The molecule has 2 aromatic heterocycles. The number of carboxylic acid groups (broad SMARTS) is 1. The van der Waals surface area contributed by atoms with Gasteiger partial charge in [-0.05, 0) is 34.7 Å². The fraction of sp³-hybridized carbons (Fsp3) is 0. The number of pyridine rings is 1. The molecule has 0 radical (unpaired) electrons. The molecule has 2 heterocycles. The van der Waals surface area contributed by atoms with E-state index in [1.165, 1.54) is 10.6 Å². The van der Waals surface area contributed by atoms with Crippen molar-refractivity contribution in [3.8, 4) is 0 Å². The van der Waals surface area contributed by atoms with E-state index in [-0.39, 0.29) is 11.2 Å². The van der Waals surface area contributed by atoms with E-state index in [0.29, 0.717) is 15.9 Å². The number of aromatic carboxylic acids is 1. The first kappa shape index (κ1) is 9.98. The highest BCUT2D eigenvalue weighted by Gasteiger charge is 2.14. The largest absolute Gasteiger partial charge is 0.478 e. The molecule has 0 amide bonds. The molecule has 0 saturated heterocycles. The van der Waals surface area contributed by atoms with Crippen LogP contribution in [0, 0.1) is 0 Å².